The lowest BCUT2D eigenvalue weighted by Gasteiger charge is -2.35. The second-order valence-electron chi connectivity index (χ2n) is 10.1. The van der Waals surface area contributed by atoms with Gasteiger partial charge in [0.1, 0.15) is 41.4 Å². The number of hydrogen-bond donors (Lipinski definition) is 1. The third-order valence-corrected chi connectivity index (χ3v) is 6.58. The number of halogens is 3. The van der Waals surface area contributed by atoms with Crippen LogP contribution in [-0.4, -0.2) is 64.0 Å². The van der Waals surface area contributed by atoms with Gasteiger partial charge in [0.2, 0.25) is 0 Å². The summed E-state index contributed by atoms with van der Waals surface area (Å²) < 4.78 is 42.1. The van der Waals surface area contributed by atoms with Crippen molar-refractivity contribution in [3.05, 3.63) is 41.2 Å². The Kier molecular flexibility index (Phi) is 7.07. The lowest BCUT2D eigenvalue weighted by atomic mass is 10.00. The number of amides is 1. The molecule has 4 rings (SSSR count). The zero-order chi connectivity index (χ0) is 27.2. The largest absolute Gasteiger partial charge is 0.507 e. The molecule has 198 valence electrons. The molecule has 0 spiro atoms. The lowest BCUT2D eigenvalue weighted by molar-refractivity contribution is 0.0239. The van der Waals surface area contributed by atoms with Crippen molar-refractivity contribution in [3.63, 3.8) is 0 Å². The van der Waals surface area contributed by atoms with Gasteiger partial charge >= 0.3 is 6.09 Å². The molecule has 37 heavy (non-hydrogen) atoms. The van der Waals surface area contributed by atoms with Gasteiger partial charge in [-0.3, -0.25) is 0 Å². The molecule has 3 aromatic rings. The summed E-state index contributed by atoms with van der Waals surface area (Å²) in [5.41, 5.74) is -1.50. The van der Waals surface area contributed by atoms with E-state index in [4.69, 9.17) is 21.1 Å². The van der Waals surface area contributed by atoms with Gasteiger partial charge in [0, 0.05) is 25.2 Å². The molecule has 0 bridgehead atoms. The highest BCUT2D eigenvalue weighted by Crippen LogP contribution is 2.49. The summed E-state index contributed by atoms with van der Waals surface area (Å²) in [7, 11) is 1.64. The molecule has 2 aromatic carbocycles. The summed E-state index contributed by atoms with van der Waals surface area (Å²) in [6, 6.07) is 3.07. The van der Waals surface area contributed by atoms with Crippen LogP contribution in [0.5, 0.6) is 11.5 Å². The van der Waals surface area contributed by atoms with E-state index in [2.05, 4.69) is 9.97 Å². The molecule has 1 aromatic heterocycles. The number of anilines is 1. The van der Waals surface area contributed by atoms with Crippen molar-refractivity contribution >= 4 is 34.4 Å². The van der Waals surface area contributed by atoms with Crippen LogP contribution in [0.25, 0.3) is 22.0 Å². The fraction of sp³-hybridized carbons (Fsp3) is 0.423. The Labute approximate surface area is 218 Å². The standard InChI is InChI=1S/C26H29ClF2N4O4/c1-13(32(6)25(35)37-26(3,4)5)10-33-14(2)11-36-23-19-22(30-12-31-24(19)33)21(29)18(20(23)27)17-15(28)8-7-9-16(17)34/h7-9,12-14,34H,10-11H2,1-6H3/t13-,14+/m1/s1. The molecular formula is C26H29ClF2N4O4. The van der Waals surface area contributed by atoms with Crippen molar-refractivity contribution in [1.29, 1.82) is 0 Å². The van der Waals surface area contributed by atoms with Crippen LogP contribution in [0.2, 0.25) is 5.02 Å². The molecule has 1 N–H and O–H groups in total. The average Bonchev–Trinajstić information content (AvgIpc) is 2.95. The first-order valence-corrected chi connectivity index (χ1v) is 12.2. The van der Waals surface area contributed by atoms with E-state index in [0.717, 1.165) is 6.07 Å². The van der Waals surface area contributed by atoms with Crippen LogP contribution in [0.4, 0.5) is 19.4 Å². The van der Waals surface area contributed by atoms with E-state index >= 15 is 4.39 Å². The molecule has 2 atom stereocenters. The van der Waals surface area contributed by atoms with Crippen LogP contribution in [0.1, 0.15) is 34.6 Å². The number of phenols is 1. The smallest absolute Gasteiger partial charge is 0.410 e. The number of phenolic OH excluding ortho intramolecular Hbond substituents is 1. The molecule has 0 radical (unpaired) electrons. The van der Waals surface area contributed by atoms with E-state index in [-0.39, 0.29) is 51.5 Å². The minimum Gasteiger partial charge on any atom is -0.507 e. The van der Waals surface area contributed by atoms with E-state index in [1.54, 1.807) is 27.8 Å². The summed E-state index contributed by atoms with van der Waals surface area (Å²) in [6.45, 7) is 9.59. The first-order chi connectivity index (χ1) is 17.3. The minimum absolute atomic E-state index is 0.0915. The summed E-state index contributed by atoms with van der Waals surface area (Å²) in [5, 5.41) is 10.3. The molecule has 0 saturated heterocycles. The molecule has 11 heteroatoms. The van der Waals surface area contributed by atoms with E-state index < -0.39 is 29.1 Å². The Hall–Kier alpha value is -3.40. The lowest BCUT2D eigenvalue weighted by Crippen LogP contribution is -2.48. The van der Waals surface area contributed by atoms with Crippen LogP contribution in [0.15, 0.2) is 24.5 Å². The Bertz CT molecular complexity index is 1340. The number of benzene rings is 2. The number of carbonyl (C=O) groups is 1. The Morgan fingerprint density at radius 3 is 2.68 bits per heavy atom. The summed E-state index contributed by atoms with van der Waals surface area (Å²) in [6.07, 6.45) is 0.729. The van der Waals surface area contributed by atoms with Crippen molar-refractivity contribution in [1.82, 2.24) is 14.9 Å². The molecule has 1 aliphatic rings. The Morgan fingerprint density at radius 2 is 2.03 bits per heavy atom. The first kappa shape index (κ1) is 26.7. The Balaban J connectivity index is 1.82. The second-order valence-corrected chi connectivity index (χ2v) is 10.5. The summed E-state index contributed by atoms with van der Waals surface area (Å²) in [5.74, 6) is -1.77. The van der Waals surface area contributed by atoms with Crippen molar-refractivity contribution in [2.45, 2.75) is 52.3 Å². The normalized spacial score (nSPS) is 16.2. The fourth-order valence-corrected chi connectivity index (χ4v) is 4.54. The van der Waals surface area contributed by atoms with E-state index in [1.807, 2.05) is 18.7 Å². The highest BCUT2D eigenvalue weighted by Gasteiger charge is 2.34. The van der Waals surface area contributed by atoms with E-state index in [0.29, 0.717) is 12.4 Å². The van der Waals surface area contributed by atoms with Gasteiger partial charge < -0.3 is 24.4 Å². The topological polar surface area (TPSA) is 88.0 Å². The molecule has 0 saturated carbocycles. The van der Waals surface area contributed by atoms with Crippen LogP contribution >= 0.6 is 11.6 Å². The van der Waals surface area contributed by atoms with Crippen LogP contribution in [0, 0.1) is 11.6 Å². The molecule has 0 unspecified atom stereocenters. The van der Waals surface area contributed by atoms with Gasteiger partial charge in [-0.15, -0.1) is 0 Å². The number of hydrogen-bond acceptors (Lipinski definition) is 7. The fourth-order valence-electron chi connectivity index (χ4n) is 4.21. The number of likely N-dealkylation sites (N-methyl/N-ethyl adjacent to an activating group) is 1. The molecule has 1 aliphatic heterocycles. The second kappa shape index (κ2) is 9.81. The van der Waals surface area contributed by atoms with Gasteiger partial charge in [-0.2, -0.15) is 0 Å². The highest BCUT2D eigenvalue weighted by molar-refractivity contribution is 6.36. The molecule has 2 heterocycles. The highest BCUT2D eigenvalue weighted by atomic mass is 35.5. The summed E-state index contributed by atoms with van der Waals surface area (Å²) in [4.78, 5) is 24.5. The molecule has 1 amide bonds. The molecule has 0 aliphatic carbocycles. The monoisotopic (exact) mass is 534 g/mol. The minimum atomic E-state index is -0.912. The van der Waals surface area contributed by atoms with Gasteiger partial charge in [0.25, 0.3) is 0 Å². The molecule has 8 nitrogen and oxygen atoms in total. The van der Waals surface area contributed by atoms with Crippen molar-refractivity contribution in [2.24, 2.45) is 0 Å². The van der Waals surface area contributed by atoms with Crippen molar-refractivity contribution < 1.29 is 28.2 Å². The third kappa shape index (κ3) is 4.94. The average molecular weight is 535 g/mol. The number of aromatic hydroxyl groups is 1. The zero-order valence-corrected chi connectivity index (χ0v) is 22.2. The quantitative estimate of drug-likeness (QED) is 0.454. The van der Waals surface area contributed by atoms with Crippen molar-refractivity contribution in [2.75, 3.05) is 25.1 Å². The first-order valence-electron chi connectivity index (χ1n) is 11.8. The number of rotatable bonds is 4. The number of nitrogens with zero attached hydrogens (tertiary/aromatic N) is 4. The Morgan fingerprint density at radius 1 is 1.32 bits per heavy atom. The van der Waals surface area contributed by atoms with E-state index in [1.165, 1.54) is 23.4 Å². The van der Waals surface area contributed by atoms with Gasteiger partial charge in [-0.05, 0) is 46.8 Å². The van der Waals surface area contributed by atoms with E-state index in [9.17, 15) is 14.3 Å². The predicted octanol–water partition coefficient (Wildman–Crippen LogP) is 5.78. The zero-order valence-electron chi connectivity index (χ0n) is 21.5. The van der Waals surface area contributed by atoms with Gasteiger partial charge in [-0.25, -0.2) is 23.5 Å². The third-order valence-electron chi connectivity index (χ3n) is 6.22. The summed E-state index contributed by atoms with van der Waals surface area (Å²) >= 11 is 6.62. The molecular weight excluding hydrogens is 506 g/mol. The maximum atomic E-state index is 15.9. The van der Waals surface area contributed by atoms with Crippen LogP contribution in [0.3, 0.4) is 0 Å². The SMILES string of the molecule is C[C@H](CN1c2ncnc3c(F)c(-c4c(O)cccc4F)c(Cl)c(c23)OC[C@@H]1C)N(C)C(=O)OC(C)(C)C. The maximum absolute atomic E-state index is 15.9. The number of aromatic nitrogens is 2. The van der Waals surface area contributed by atoms with Gasteiger partial charge in [0.15, 0.2) is 11.6 Å². The van der Waals surface area contributed by atoms with Crippen LogP contribution in [-0.2, 0) is 4.74 Å². The van der Waals surface area contributed by atoms with Crippen LogP contribution < -0.4 is 9.64 Å². The molecule has 0 fully saturated rings. The number of ether oxygens (including phenoxy) is 2. The van der Waals surface area contributed by atoms with Gasteiger partial charge in [-0.1, -0.05) is 17.7 Å². The van der Waals surface area contributed by atoms with Crippen molar-refractivity contribution in [3.8, 4) is 22.6 Å². The number of carbonyl (C=O) groups excluding carboxylic acids is 1. The predicted molar refractivity (Wildman–Crippen MR) is 137 cm³/mol. The van der Waals surface area contributed by atoms with Gasteiger partial charge in [0.05, 0.1) is 22.0 Å². The maximum Gasteiger partial charge on any atom is 0.410 e.